The fourth-order valence-corrected chi connectivity index (χ4v) is 2.16. The molecule has 0 aliphatic rings. The molecule has 2 N–H and O–H groups in total. The van der Waals surface area contributed by atoms with Crippen LogP contribution >= 0.6 is 0 Å². The van der Waals surface area contributed by atoms with Crippen molar-refractivity contribution in [2.75, 3.05) is 0 Å². The maximum absolute atomic E-state index is 11.1. The number of carbonyl (C=O) groups is 2. The summed E-state index contributed by atoms with van der Waals surface area (Å²) >= 11 is 0. The first kappa shape index (κ1) is 12.9. The summed E-state index contributed by atoms with van der Waals surface area (Å²) in [5, 5.41) is 18.2. The van der Waals surface area contributed by atoms with Gasteiger partial charge < -0.3 is 10.2 Å². The van der Waals surface area contributed by atoms with Crippen LogP contribution in [0.25, 0.3) is 16.7 Å². The van der Waals surface area contributed by atoms with Gasteiger partial charge in [-0.25, -0.2) is 14.6 Å². The Labute approximate surface area is 118 Å². The lowest BCUT2D eigenvalue weighted by atomic mass is 10.1. The Morgan fingerprint density at radius 1 is 0.952 bits per heavy atom. The van der Waals surface area contributed by atoms with Gasteiger partial charge in [-0.3, -0.25) is 4.57 Å². The zero-order chi connectivity index (χ0) is 15.0. The Balaban J connectivity index is 2.26. The molecule has 0 fully saturated rings. The number of hydrogen-bond donors (Lipinski definition) is 2. The third kappa shape index (κ3) is 2.23. The molecule has 0 aliphatic carbocycles. The predicted molar refractivity (Wildman–Crippen MR) is 75.0 cm³/mol. The van der Waals surface area contributed by atoms with Gasteiger partial charge in [0, 0.05) is 5.69 Å². The summed E-state index contributed by atoms with van der Waals surface area (Å²) in [4.78, 5) is 26.5. The largest absolute Gasteiger partial charge is 0.478 e. The monoisotopic (exact) mass is 282 g/mol. The molecule has 0 aliphatic heterocycles. The quantitative estimate of drug-likeness (QED) is 0.769. The summed E-state index contributed by atoms with van der Waals surface area (Å²) in [5.41, 5.74) is 1.80. The zero-order valence-corrected chi connectivity index (χ0v) is 10.7. The molecule has 0 unspecified atom stereocenters. The molecule has 0 saturated heterocycles. The van der Waals surface area contributed by atoms with Gasteiger partial charge in [-0.05, 0) is 30.3 Å². The first-order valence-electron chi connectivity index (χ1n) is 6.10. The van der Waals surface area contributed by atoms with Gasteiger partial charge in [0.15, 0.2) is 0 Å². The maximum atomic E-state index is 11.1. The Hall–Kier alpha value is -3.15. The highest BCUT2D eigenvalue weighted by molar-refractivity contribution is 5.95. The van der Waals surface area contributed by atoms with E-state index in [2.05, 4.69) is 4.98 Å². The standard InChI is InChI=1S/C15H10N2O4/c18-14(19)9-5-10(15(20)21)7-11(6-9)17-8-16-12-3-1-2-4-13(12)17/h1-8H,(H,18,19)(H,20,21). The van der Waals surface area contributed by atoms with Crippen LogP contribution in [0, 0.1) is 0 Å². The zero-order valence-electron chi connectivity index (χ0n) is 10.7. The predicted octanol–water partition coefficient (Wildman–Crippen LogP) is 2.42. The molecule has 21 heavy (non-hydrogen) atoms. The molecule has 0 saturated carbocycles. The Morgan fingerprint density at radius 2 is 1.57 bits per heavy atom. The molecule has 104 valence electrons. The highest BCUT2D eigenvalue weighted by atomic mass is 16.4. The van der Waals surface area contributed by atoms with E-state index in [9.17, 15) is 9.59 Å². The molecular weight excluding hydrogens is 272 g/mol. The number of para-hydroxylation sites is 2. The highest BCUT2D eigenvalue weighted by Gasteiger charge is 2.13. The maximum Gasteiger partial charge on any atom is 0.335 e. The average molecular weight is 282 g/mol. The number of rotatable bonds is 3. The third-order valence-electron chi connectivity index (χ3n) is 3.14. The molecule has 0 amide bonds. The van der Waals surface area contributed by atoms with Crippen molar-refractivity contribution in [2.45, 2.75) is 0 Å². The number of fused-ring (bicyclic) bond motifs is 1. The molecule has 0 radical (unpaired) electrons. The van der Waals surface area contributed by atoms with Gasteiger partial charge in [0.25, 0.3) is 0 Å². The van der Waals surface area contributed by atoms with Gasteiger partial charge in [-0.15, -0.1) is 0 Å². The van der Waals surface area contributed by atoms with Gasteiger partial charge in [-0.1, -0.05) is 12.1 Å². The minimum Gasteiger partial charge on any atom is -0.478 e. The van der Waals surface area contributed by atoms with E-state index in [1.165, 1.54) is 18.5 Å². The van der Waals surface area contributed by atoms with Gasteiger partial charge in [0.2, 0.25) is 0 Å². The molecule has 0 spiro atoms. The van der Waals surface area contributed by atoms with Crippen molar-refractivity contribution in [1.29, 1.82) is 0 Å². The first-order chi connectivity index (χ1) is 10.1. The van der Waals surface area contributed by atoms with E-state index in [0.29, 0.717) is 5.69 Å². The van der Waals surface area contributed by atoms with Crippen molar-refractivity contribution in [3.05, 3.63) is 59.9 Å². The Morgan fingerprint density at radius 3 is 2.19 bits per heavy atom. The molecule has 6 nitrogen and oxygen atoms in total. The molecule has 1 heterocycles. The summed E-state index contributed by atoms with van der Waals surface area (Å²) in [5.74, 6) is -2.35. The number of aromatic carboxylic acids is 2. The van der Waals surface area contributed by atoms with E-state index < -0.39 is 11.9 Å². The van der Waals surface area contributed by atoms with Crippen molar-refractivity contribution < 1.29 is 19.8 Å². The fourth-order valence-electron chi connectivity index (χ4n) is 2.16. The van der Waals surface area contributed by atoms with Crippen LogP contribution in [-0.2, 0) is 0 Å². The van der Waals surface area contributed by atoms with E-state index >= 15 is 0 Å². The number of imidazole rings is 1. The molecule has 0 atom stereocenters. The lowest BCUT2D eigenvalue weighted by Gasteiger charge is -2.07. The highest BCUT2D eigenvalue weighted by Crippen LogP contribution is 2.20. The molecule has 6 heteroatoms. The van der Waals surface area contributed by atoms with E-state index in [-0.39, 0.29) is 11.1 Å². The van der Waals surface area contributed by atoms with Crippen LogP contribution in [0.3, 0.4) is 0 Å². The lowest BCUT2D eigenvalue weighted by molar-refractivity contribution is 0.0696. The summed E-state index contributed by atoms with van der Waals surface area (Å²) in [6, 6.07) is 11.3. The number of carboxylic acids is 2. The topological polar surface area (TPSA) is 92.4 Å². The SMILES string of the molecule is O=C(O)c1cc(C(=O)O)cc(-n2cnc3ccccc32)c1. The van der Waals surface area contributed by atoms with Crippen LogP contribution in [0.15, 0.2) is 48.8 Å². The summed E-state index contributed by atoms with van der Waals surface area (Å²) in [6.07, 6.45) is 1.54. The van der Waals surface area contributed by atoms with Crippen LogP contribution in [0.1, 0.15) is 20.7 Å². The van der Waals surface area contributed by atoms with Gasteiger partial charge in [0.05, 0.1) is 22.2 Å². The van der Waals surface area contributed by atoms with Crippen molar-refractivity contribution in [1.82, 2.24) is 9.55 Å². The number of benzene rings is 2. The van der Waals surface area contributed by atoms with Gasteiger partial charge >= 0.3 is 11.9 Å². The Bertz CT molecular complexity index is 835. The average Bonchev–Trinajstić information content (AvgIpc) is 2.90. The van der Waals surface area contributed by atoms with Crippen LogP contribution in [0.2, 0.25) is 0 Å². The smallest absolute Gasteiger partial charge is 0.335 e. The van der Waals surface area contributed by atoms with Crippen LogP contribution in [0.5, 0.6) is 0 Å². The summed E-state index contributed by atoms with van der Waals surface area (Å²) in [7, 11) is 0. The van der Waals surface area contributed by atoms with E-state index in [0.717, 1.165) is 17.1 Å². The molecule has 1 aromatic heterocycles. The van der Waals surface area contributed by atoms with E-state index in [1.807, 2.05) is 24.3 Å². The third-order valence-corrected chi connectivity index (χ3v) is 3.14. The van der Waals surface area contributed by atoms with E-state index in [4.69, 9.17) is 10.2 Å². The van der Waals surface area contributed by atoms with Crippen LogP contribution < -0.4 is 0 Å². The second kappa shape index (κ2) is 4.75. The number of hydrogen-bond acceptors (Lipinski definition) is 3. The lowest BCUT2D eigenvalue weighted by Crippen LogP contribution is -2.05. The molecule has 3 rings (SSSR count). The molecule has 3 aromatic rings. The van der Waals surface area contributed by atoms with Crippen molar-refractivity contribution in [3.63, 3.8) is 0 Å². The first-order valence-corrected chi connectivity index (χ1v) is 6.10. The normalized spacial score (nSPS) is 10.7. The van der Waals surface area contributed by atoms with Crippen LogP contribution in [0.4, 0.5) is 0 Å². The van der Waals surface area contributed by atoms with E-state index in [1.54, 1.807) is 4.57 Å². The van der Waals surface area contributed by atoms with Gasteiger partial charge in [0.1, 0.15) is 6.33 Å². The number of carboxylic acid groups (broad SMARTS) is 2. The van der Waals surface area contributed by atoms with Crippen molar-refractivity contribution >= 4 is 23.0 Å². The minimum atomic E-state index is -1.18. The second-order valence-electron chi connectivity index (χ2n) is 4.48. The fraction of sp³-hybridized carbons (Fsp3) is 0. The van der Waals surface area contributed by atoms with Gasteiger partial charge in [-0.2, -0.15) is 0 Å². The van der Waals surface area contributed by atoms with Crippen molar-refractivity contribution in [3.8, 4) is 5.69 Å². The van der Waals surface area contributed by atoms with Crippen molar-refractivity contribution in [2.24, 2.45) is 0 Å². The molecule has 2 aromatic carbocycles. The number of aromatic nitrogens is 2. The Kier molecular flexibility index (Phi) is 2.91. The minimum absolute atomic E-state index is 0.0809. The molecular formula is C15H10N2O4. The van der Waals surface area contributed by atoms with Crippen LogP contribution in [-0.4, -0.2) is 31.7 Å². The summed E-state index contributed by atoms with van der Waals surface area (Å²) in [6.45, 7) is 0. The molecule has 0 bridgehead atoms. The number of nitrogens with zero attached hydrogens (tertiary/aromatic N) is 2. The summed E-state index contributed by atoms with van der Waals surface area (Å²) < 4.78 is 1.66. The second-order valence-corrected chi connectivity index (χ2v) is 4.48.